The van der Waals surface area contributed by atoms with Crippen molar-refractivity contribution < 1.29 is 4.42 Å². The molecule has 7 nitrogen and oxygen atoms in total. The maximum absolute atomic E-state index is 5.77. The molecule has 0 atom stereocenters. The first-order chi connectivity index (χ1) is 11.8. The smallest absolute Gasteiger partial charge is 0.247 e. The van der Waals surface area contributed by atoms with E-state index in [1.165, 1.54) is 24.6 Å². The van der Waals surface area contributed by atoms with Crippen LogP contribution in [0.1, 0.15) is 43.2 Å². The van der Waals surface area contributed by atoms with Crippen LogP contribution in [0.15, 0.2) is 33.8 Å². The first-order valence-corrected chi connectivity index (χ1v) is 9.08. The number of rotatable bonds is 5. The zero-order valence-electron chi connectivity index (χ0n) is 13.4. The number of aryl methyl sites for hydroxylation is 1. The molecule has 24 heavy (non-hydrogen) atoms. The third kappa shape index (κ3) is 3.19. The SMILES string of the molecule is Cc1cccc(-c2nnc(CSc3nnnn3C3CCCC3)o2)c1. The second-order valence-corrected chi connectivity index (χ2v) is 6.95. The van der Waals surface area contributed by atoms with Gasteiger partial charge in [-0.15, -0.1) is 15.3 Å². The summed E-state index contributed by atoms with van der Waals surface area (Å²) in [4.78, 5) is 0. The van der Waals surface area contributed by atoms with Crippen LogP contribution < -0.4 is 0 Å². The lowest BCUT2D eigenvalue weighted by Crippen LogP contribution is -2.08. The molecule has 4 rings (SSSR count). The van der Waals surface area contributed by atoms with Crippen LogP contribution in [0.4, 0.5) is 0 Å². The Labute approximate surface area is 143 Å². The molecular weight excluding hydrogens is 324 g/mol. The minimum Gasteiger partial charge on any atom is -0.420 e. The van der Waals surface area contributed by atoms with Gasteiger partial charge in [-0.05, 0) is 42.3 Å². The lowest BCUT2D eigenvalue weighted by Gasteiger charge is -2.09. The van der Waals surface area contributed by atoms with Crippen LogP contribution in [0, 0.1) is 6.92 Å². The van der Waals surface area contributed by atoms with Gasteiger partial charge in [-0.2, -0.15) is 0 Å². The van der Waals surface area contributed by atoms with Crippen molar-refractivity contribution in [3.63, 3.8) is 0 Å². The Morgan fingerprint density at radius 3 is 2.92 bits per heavy atom. The van der Waals surface area contributed by atoms with Crippen molar-refractivity contribution in [1.82, 2.24) is 30.4 Å². The van der Waals surface area contributed by atoms with Gasteiger partial charge in [0.15, 0.2) is 0 Å². The predicted molar refractivity (Wildman–Crippen MR) is 89.4 cm³/mol. The zero-order chi connectivity index (χ0) is 16.4. The summed E-state index contributed by atoms with van der Waals surface area (Å²) in [5.41, 5.74) is 2.10. The highest BCUT2D eigenvalue weighted by atomic mass is 32.2. The Morgan fingerprint density at radius 2 is 2.08 bits per heavy atom. The van der Waals surface area contributed by atoms with Gasteiger partial charge < -0.3 is 4.42 Å². The minimum absolute atomic E-state index is 0.424. The fourth-order valence-electron chi connectivity index (χ4n) is 2.99. The largest absolute Gasteiger partial charge is 0.420 e. The molecular formula is C16H18N6OS. The van der Waals surface area contributed by atoms with E-state index in [0.29, 0.717) is 23.6 Å². The molecule has 8 heteroatoms. The molecule has 3 aromatic rings. The van der Waals surface area contributed by atoms with Crippen molar-refractivity contribution in [3.8, 4) is 11.5 Å². The lowest BCUT2D eigenvalue weighted by atomic mass is 10.1. The van der Waals surface area contributed by atoms with Crippen LogP contribution in [0.25, 0.3) is 11.5 Å². The third-order valence-electron chi connectivity index (χ3n) is 4.19. The van der Waals surface area contributed by atoms with E-state index in [1.54, 1.807) is 0 Å². The molecule has 2 heterocycles. The van der Waals surface area contributed by atoms with Gasteiger partial charge in [0, 0.05) is 5.56 Å². The van der Waals surface area contributed by atoms with Crippen molar-refractivity contribution in [3.05, 3.63) is 35.7 Å². The van der Waals surface area contributed by atoms with E-state index in [9.17, 15) is 0 Å². The summed E-state index contributed by atoms with van der Waals surface area (Å²) in [6, 6.07) is 8.45. The molecule has 0 bridgehead atoms. The van der Waals surface area contributed by atoms with Crippen LogP contribution in [-0.4, -0.2) is 30.4 Å². The number of aromatic nitrogens is 6. The van der Waals surface area contributed by atoms with E-state index in [4.69, 9.17) is 4.42 Å². The Hall–Kier alpha value is -2.22. The molecule has 0 saturated heterocycles. The predicted octanol–water partition coefficient (Wildman–Crippen LogP) is 3.44. The molecule has 0 unspecified atom stereocenters. The summed E-state index contributed by atoms with van der Waals surface area (Å²) in [5, 5.41) is 21.2. The maximum Gasteiger partial charge on any atom is 0.247 e. The number of tetrazole rings is 1. The second-order valence-electron chi connectivity index (χ2n) is 6.00. The first-order valence-electron chi connectivity index (χ1n) is 8.10. The van der Waals surface area contributed by atoms with Gasteiger partial charge in [0.25, 0.3) is 0 Å². The quantitative estimate of drug-likeness (QED) is 0.657. The Bertz CT molecular complexity index is 823. The zero-order valence-corrected chi connectivity index (χ0v) is 14.2. The highest BCUT2D eigenvalue weighted by Gasteiger charge is 2.22. The van der Waals surface area contributed by atoms with Gasteiger partial charge in [-0.25, -0.2) is 4.68 Å². The van der Waals surface area contributed by atoms with E-state index in [2.05, 4.69) is 25.7 Å². The van der Waals surface area contributed by atoms with Crippen molar-refractivity contribution in [2.24, 2.45) is 0 Å². The van der Waals surface area contributed by atoms with Gasteiger partial charge in [-0.3, -0.25) is 0 Å². The van der Waals surface area contributed by atoms with E-state index in [-0.39, 0.29) is 0 Å². The molecule has 1 aromatic carbocycles. The van der Waals surface area contributed by atoms with Crippen LogP contribution in [0.2, 0.25) is 0 Å². The van der Waals surface area contributed by atoms with Gasteiger partial charge in [0.2, 0.25) is 16.9 Å². The molecule has 0 N–H and O–H groups in total. The van der Waals surface area contributed by atoms with Crippen molar-refractivity contribution >= 4 is 11.8 Å². The van der Waals surface area contributed by atoms with E-state index in [0.717, 1.165) is 29.1 Å². The molecule has 0 amide bonds. The summed E-state index contributed by atoms with van der Waals surface area (Å²) < 4.78 is 7.71. The summed E-state index contributed by atoms with van der Waals surface area (Å²) >= 11 is 1.54. The number of nitrogens with zero attached hydrogens (tertiary/aromatic N) is 6. The van der Waals surface area contributed by atoms with Crippen LogP contribution in [0.5, 0.6) is 0 Å². The van der Waals surface area contributed by atoms with E-state index >= 15 is 0 Å². The van der Waals surface area contributed by atoms with Crippen molar-refractivity contribution in [2.45, 2.75) is 49.6 Å². The van der Waals surface area contributed by atoms with Crippen molar-refractivity contribution in [2.75, 3.05) is 0 Å². The number of thioether (sulfide) groups is 1. The number of hydrogen-bond acceptors (Lipinski definition) is 7. The number of benzene rings is 1. The Morgan fingerprint density at radius 1 is 1.21 bits per heavy atom. The first kappa shape index (κ1) is 15.3. The summed E-state index contributed by atoms with van der Waals surface area (Å²) in [6.07, 6.45) is 4.80. The van der Waals surface area contributed by atoms with Crippen molar-refractivity contribution in [1.29, 1.82) is 0 Å². The molecule has 0 spiro atoms. The molecule has 2 aromatic heterocycles. The molecule has 0 radical (unpaired) electrons. The normalized spacial score (nSPS) is 15.2. The molecule has 0 aliphatic heterocycles. The average molecular weight is 342 g/mol. The van der Waals surface area contributed by atoms with Gasteiger partial charge in [0.1, 0.15) is 0 Å². The highest BCUT2D eigenvalue weighted by molar-refractivity contribution is 7.98. The van der Waals surface area contributed by atoms with Crippen LogP contribution in [0.3, 0.4) is 0 Å². The van der Waals surface area contributed by atoms with E-state index < -0.39 is 0 Å². The van der Waals surface area contributed by atoms with Crippen LogP contribution in [-0.2, 0) is 5.75 Å². The summed E-state index contributed by atoms with van der Waals surface area (Å²) in [6.45, 7) is 2.04. The Balaban J connectivity index is 1.45. The molecule has 1 fully saturated rings. The average Bonchev–Trinajstić information content (AvgIpc) is 3.33. The van der Waals surface area contributed by atoms with E-state index in [1.807, 2.05) is 35.9 Å². The summed E-state index contributed by atoms with van der Waals surface area (Å²) in [5.74, 6) is 1.69. The summed E-state index contributed by atoms with van der Waals surface area (Å²) in [7, 11) is 0. The van der Waals surface area contributed by atoms with Gasteiger partial charge >= 0.3 is 0 Å². The molecule has 124 valence electrons. The fraction of sp³-hybridized carbons (Fsp3) is 0.438. The van der Waals surface area contributed by atoms with Crippen LogP contribution >= 0.6 is 11.8 Å². The van der Waals surface area contributed by atoms with Gasteiger partial charge in [-0.1, -0.05) is 42.3 Å². The highest BCUT2D eigenvalue weighted by Crippen LogP contribution is 2.32. The fourth-order valence-corrected chi connectivity index (χ4v) is 3.77. The van der Waals surface area contributed by atoms with Gasteiger partial charge in [0.05, 0.1) is 11.8 Å². The second kappa shape index (κ2) is 6.72. The minimum atomic E-state index is 0.424. The molecule has 1 aliphatic rings. The monoisotopic (exact) mass is 342 g/mol. The lowest BCUT2D eigenvalue weighted by molar-refractivity contribution is 0.422. The Kier molecular flexibility index (Phi) is 4.29. The molecule has 1 saturated carbocycles. The standard InChI is InChI=1S/C16H18N6OS/c1-11-5-4-6-12(9-11)15-18-17-14(23-15)10-24-16-19-20-21-22(16)13-7-2-3-8-13/h4-6,9,13H,2-3,7-8,10H2,1H3. The topological polar surface area (TPSA) is 82.5 Å². The maximum atomic E-state index is 5.77. The molecule has 1 aliphatic carbocycles. The third-order valence-corrected chi connectivity index (χ3v) is 5.11. The number of hydrogen-bond donors (Lipinski definition) is 0.